The van der Waals surface area contributed by atoms with Crippen LogP contribution in [0, 0.1) is 5.82 Å². The number of nitrogens with zero attached hydrogens (tertiary/aromatic N) is 1. The molecule has 0 aromatic heterocycles. The van der Waals surface area contributed by atoms with Gasteiger partial charge in [0, 0.05) is 6.54 Å². The molecule has 0 unspecified atom stereocenters. The maximum atomic E-state index is 14.0. The molecule has 0 amide bonds. The smallest absolute Gasteiger partial charge is 0.238 e. The maximum Gasteiger partial charge on any atom is 0.238 e. The molecule has 6 heteroatoms. The van der Waals surface area contributed by atoms with Crippen molar-refractivity contribution in [3.05, 3.63) is 30.1 Å². The predicted molar refractivity (Wildman–Crippen MR) is 83.2 cm³/mol. The van der Waals surface area contributed by atoms with E-state index >= 15 is 0 Å². The number of para-hydroxylation sites is 1. The Morgan fingerprint density at radius 3 is 2.48 bits per heavy atom. The van der Waals surface area contributed by atoms with Crippen molar-refractivity contribution in [2.45, 2.75) is 43.8 Å². The first-order valence-corrected chi connectivity index (χ1v) is 9.04. The number of anilines is 1. The predicted octanol–water partition coefficient (Wildman–Crippen LogP) is 2.64. The summed E-state index contributed by atoms with van der Waals surface area (Å²) >= 11 is 0. The average molecular weight is 314 g/mol. The van der Waals surface area contributed by atoms with Crippen LogP contribution in [-0.2, 0) is 10.0 Å². The summed E-state index contributed by atoms with van der Waals surface area (Å²) in [4.78, 5) is 0. The second-order valence-electron chi connectivity index (χ2n) is 5.47. The number of nitrogens with two attached hydrogens (primary N) is 1. The Balaban J connectivity index is 2.32. The quantitative estimate of drug-likeness (QED) is 0.878. The van der Waals surface area contributed by atoms with Gasteiger partial charge in [0.1, 0.15) is 5.82 Å². The van der Waals surface area contributed by atoms with E-state index in [1.807, 2.05) is 0 Å². The Bertz CT molecular complexity index is 557. The fourth-order valence-electron chi connectivity index (χ4n) is 2.82. The van der Waals surface area contributed by atoms with Crippen molar-refractivity contribution in [3.8, 4) is 0 Å². The molecule has 0 heterocycles. The third-order valence-corrected chi connectivity index (χ3v) is 6.27. The number of benzene rings is 1. The van der Waals surface area contributed by atoms with E-state index in [4.69, 9.17) is 5.73 Å². The van der Waals surface area contributed by atoms with Crippen LogP contribution in [0.5, 0.6) is 0 Å². The molecule has 21 heavy (non-hydrogen) atoms. The number of hydrogen-bond donors (Lipinski definition) is 1. The molecule has 4 nitrogen and oxygen atoms in total. The van der Waals surface area contributed by atoms with Crippen LogP contribution in [0.15, 0.2) is 24.3 Å². The van der Waals surface area contributed by atoms with Crippen molar-refractivity contribution < 1.29 is 12.8 Å². The summed E-state index contributed by atoms with van der Waals surface area (Å²) in [5.41, 5.74) is 5.64. The van der Waals surface area contributed by atoms with Crippen LogP contribution in [0.25, 0.3) is 0 Å². The van der Waals surface area contributed by atoms with Gasteiger partial charge in [0.05, 0.1) is 10.9 Å². The van der Waals surface area contributed by atoms with Gasteiger partial charge in [0.15, 0.2) is 0 Å². The average Bonchev–Trinajstić information content (AvgIpc) is 2.50. The summed E-state index contributed by atoms with van der Waals surface area (Å²) in [7, 11) is -3.53. The van der Waals surface area contributed by atoms with E-state index in [0.29, 0.717) is 25.8 Å². The van der Waals surface area contributed by atoms with E-state index < -0.39 is 21.1 Å². The molecular weight excluding hydrogens is 291 g/mol. The van der Waals surface area contributed by atoms with E-state index in [9.17, 15) is 12.8 Å². The lowest BCUT2D eigenvalue weighted by Gasteiger charge is -2.31. The summed E-state index contributed by atoms with van der Waals surface area (Å²) < 4.78 is 41.0. The van der Waals surface area contributed by atoms with E-state index in [1.54, 1.807) is 12.1 Å². The summed E-state index contributed by atoms with van der Waals surface area (Å²) in [6, 6.07) is 6.03. The number of hydrogen-bond acceptors (Lipinski definition) is 3. The van der Waals surface area contributed by atoms with Crippen LogP contribution in [0.4, 0.5) is 10.1 Å². The highest BCUT2D eigenvalue weighted by atomic mass is 32.2. The van der Waals surface area contributed by atoms with Crippen molar-refractivity contribution in [2.24, 2.45) is 5.73 Å². The Morgan fingerprint density at radius 1 is 1.19 bits per heavy atom. The molecule has 2 rings (SSSR count). The number of halogens is 1. The Kier molecular flexibility index (Phi) is 5.58. The fourth-order valence-corrected chi connectivity index (χ4v) is 4.91. The van der Waals surface area contributed by atoms with Gasteiger partial charge < -0.3 is 5.73 Å². The normalized spacial score (nSPS) is 16.9. The summed E-state index contributed by atoms with van der Waals surface area (Å²) in [6.45, 7) is 0.613. The third-order valence-electron chi connectivity index (χ3n) is 3.97. The Labute approximate surface area is 126 Å². The SMILES string of the molecule is NCCCN(c1ccccc1F)S(=O)(=O)C1CCCCC1. The first-order valence-electron chi connectivity index (χ1n) is 7.53. The summed E-state index contributed by atoms with van der Waals surface area (Å²) in [5, 5.41) is -0.399. The molecule has 0 radical (unpaired) electrons. The van der Waals surface area contributed by atoms with Crippen LogP contribution in [-0.4, -0.2) is 26.8 Å². The third kappa shape index (κ3) is 3.74. The van der Waals surface area contributed by atoms with Gasteiger partial charge in [-0.1, -0.05) is 31.4 Å². The Hall–Kier alpha value is -1.14. The van der Waals surface area contributed by atoms with Gasteiger partial charge in [-0.25, -0.2) is 12.8 Å². The standard InChI is InChI=1S/C15H23FN2O2S/c16-14-9-4-5-10-15(14)18(12-6-11-17)21(19,20)13-7-2-1-3-8-13/h4-5,9-10,13H,1-3,6-8,11-12,17H2. The lowest BCUT2D eigenvalue weighted by Crippen LogP contribution is -2.41. The molecule has 0 bridgehead atoms. The largest absolute Gasteiger partial charge is 0.330 e. The van der Waals surface area contributed by atoms with E-state index in [0.717, 1.165) is 19.3 Å². The Morgan fingerprint density at radius 2 is 1.86 bits per heavy atom. The van der Waals surface area contributed by atoms with E-state index in [1.165, 1.54) is 16.4 Å². The maximum absolute atomic E-state index is 14.0. The fraction of sp³-hybridized carbons (Fsp3) is 0.600. The highest BCUT2D eigenvalue weighted by molar-refractivity contribution is 7.93. The van der Waals surface area contributed by atoms with Crippen LogP contribution >= 0.6 is 0 Å². The van der Waals surface area contributed by atoms with Gasteiger partial charge >= 0.3 is 0 Å². The minimum atomic E-state index is -3.53. The van der Waals surface area contributed by atoms with Gasteiger partial charge in [0.25, 0.3) is 0 Å². The second kappa shape index (κ2) is 7.22. The van der Waals surface area contributed by atoms with Crippen molar-refractivity contribution in [2.75, 3.05) is 17.4 Å². The van der Waals surface area contributed by atoms with Crippen LogP contribution in [0.3, 0.4) is 0 Å². The van der Waals surface area contributed by atoms with E-state index in [-0.39, 0.29) is 12.2 Å². The summed E-state index contributed by atoms with van der Waals surface area (Å²) in [6.07, 6.45) is 4.76. The molecule has 1 saturated carbocycles. The molecule has 118 valence electrons. The molecule has 1 fully saturated rings. The minimum Gasteiger partial charge on any atom is -0.330 e. The molecule has 1 aromatic rings. The molecule has 0 spiro atoms. The van der Waals surface area contributed by atoms with Crippen molar-refractivity contribution in [1.82, 2.24) is 0 Å². The topological polar surface area (TPSA) is 63.4 Å². The van der Waals surface area contributed by atoms with Gasteiger partial charge in [-0.3, -0.25) is 4.31 Å². The molecule has 0 saturated heterocycles. The van der Waals surface area contributed by atoms with E-state index in [2.05, 4.69) is 0 Å². The first kappa shape index (κ1) is 16.2. The van der Waals surface area contributed by atoms with Crippen molar-refractivity contribution >= 4 is 15.7 Å². The number of sulfonamides is 1. The van der Waals surface area contributed by atoms with Crippen molar-refractivity contribution in [1.29, 1.82) is 0 Å². The van der Waals surface area contributed by atoms with Crippen LogP contribution in [0.1, 0.15) is 38.5 Å². The van der Waals surface area contributed by atoms with Gasteiger partial charge in [-0.2, -0.15) is 0 Å². The second-order valence-corrected chi connectivity index (χ2v) is 7.61. The zero-order valence-corrected chi connectivity index (χ0v) is 13.0. The van der Waals surface area contributed by atoms with Gasteiger partial charge in [-0.05, 0) is 37.9 Å². The molecule has 2 N–H and O–H groups in total. The minimum absolute atomic E-state index is 0.136. The molecule has 0 aliphatic heterocycles. The lowest BCUT2D eigenvalue weighted by atomic mass is 10.0. The van der Waals surface area contributed by atoms with Gasteiger partial charge in [-0.15, -0.1) is 0 Å². The molecule has 1 aliphatic carbocycles. The highest BCUT2D eigenvalue weighted by Gasteiger charge is 2.33. The monoisotopic (exact) mass is 314 g/mol. The zero-order chi connectivity index (χ0) is 15.3. The number of rotatable bonds is 6. The molecule has 1 aromatic carbocycles. The molecule has 0 atom stereocenters. The summed E-state index contributed by atoms with van der Waals surface area (Å²) in [5.74, 6) is -0.506. The van der Waals surface area contributed by atoms with Crippen molar-refractivity contribution in [3.63, 3.8) is 0 Å². The van der Waals surface area contributed by atoms with Crippen LogP contribution in [0.2, 0.25) is 0 Å². The van der Waals surface area contributed by atoms with Crippen LogP contribution < -0.4 is 10.0 Å². The first-order chi connectivity index (χ1) is 10.1. The van der Waals surface area contributed by atoms with Gasteiger partial charge in [0.2, 0.25) is 10.0 Å². The zero-order valence-electron chi connectivity index (χ0n) is 12.2. The highest BCUT2D eigenvalue weighted by Crippen LogP contribution is 2.30. The molecule has 1 aliphatic rings. The lowest BCUT2D eigenvalue weighted by molar-refractivity contribution is 0.481. The molecular formula is C15H23FN2O2S.